The number of carbonyl (C=O) groups is 12. The normalized spacial score (nSPS) is 23.3. The Morgan fingerprint density at radius 3 is 1.32 bits per heavy atom. The van der Waals surface area contributed by atoms with Gasteiger partial charge in [0, 0.05) is 65.1 Å². The van der Waals surface area contributed by atoms with Gasteiger partial charge in [0.05, 0.1) is 43.3 Å². The number of aliphatic hydroxyl groups is 1. The number of fused-ring (bicyclic) bond motifs is 4. The Morgan fingerprint density at radius 2 is 0.920 bits per heavy atom. The fourth-order valence-electron chi connectivity index (χ4n) is 10.9. The van der Waals surface area contributed by atoms with Crippen molar-refractivity contribution < 1.29 is 72.9 Å². The lowest BCUT2D eigenvalue weighted by molar-refractivity contribution is -0.147. The first-order valence-electron chi connectivity index (χ1n) is 29.0. The maximum atomic E-state index is 14.8. The summed E-state index contributed by atoms with van der Waals surface area (Å²) in [6.07, 6.45) is 0.328. The SMILES string of the molecule is CC(C)[C@H]1C(=O)NC[C@@H](NC(=O)c2nc3ccccc3cc2O)C(=O)N2CCCC[C@H]2C(=O)NCC(=O)N(C)CC(=O)N(C)[C@@H]([C@@H](C)O)C(=O)NC[C@@H](NC(=O)c2nc3ccccc3cc2O)C(=O)N2CCCC[C@H]2C(=O)NCC(=O)N(C)CC(=O)N1C. The van der Waals surface area contributed by atoms with E-state index in [0.29, 0.717) is 47.5 Å². The Balaban J connectivity index is 1.17. The molecule has 7 rings (SSSR count). The van der Waals surface area contributed by atoms with E-state index in [2.05, 4.69) is 41.9 Å². The molecule has 3 aliphatic rings. The van der Waals surface area contributed by atoms with Crippen molar-refractivity contribution in [2.45, 2.75) is 102 Å². The third-order valence-electron chi connectivity index (χ3n) is 15.9. The molecule has 2 aromatic carbocycles. The Hall–Kier alpha value is -9.54. The minimum Gasteiger partial charge on any atom is -0.505 e. The minimum atomic E-state index is -1.69. The maximum Gasteiger partial charge on any atom is 0.274 e. The summed E-state index contributed by atoms with van der Waals surface area (Å²) in [5.74, 6) is -11.9. The van der Waals surface area contributed by atoms with Crippen LogP contribution in [0.3, 0.4) is 0 Å². The maximum absolute atomic E-state index is 14.8. The van der Waals surface area contributed by atoms with Crippen molar-refractivity contribution in [2.24, 2.45) is 5.92 Å². The number of aromatic hydroxyl groups is 2. The summed E-state index contributed by atoms with van der Waals surface area (Å²) in [4.78, 5) is 184. The summed E-state index contributed by atoms with van der Waals surface area (Å²) in [5, 5.41) is 49.2. The molecule has 29 heteroatoms. The highest BCUT2D eigenvalue weighted by Gasteiger charge is 2.41. The van der Waals surface area contributed by atoms with Crippen LogP contribution >= 0.6 is 0 Å². The minimum absolute atomic E-state index is 0.0107. The number of aliphatic hydroxyl groups excluding tert-OH is 1. The molecule has 7 atom stereocenters. The van der Waals surface area contributed by atoms with Crippen LogP contribution in [0.2, 0.25) is 0 Å². The molecule has 0 bridgehead atoms. The number of rotatable bonds is 6. The molecule has 9 N–H and O–H groups in total. The zero-order valence-electron chi connectivity index (χ0n) is 50.1. The van der Waals surface area contributed by atoms with E-state index >= 15 is 0 Å². The van der Waals surface area contributed by atoms with Crippen LogP contribution in [-0.2, 0) is 47.9 Å². The van der Waals surface area contributed by atoms with Crippen molar-refractivity contribution in [3.05, 3.63) is 72.1 Å². The second-order valence-corrected chi connectivity index (χ2v) is 22.5. The predicted octanol–water partition coefficient (Wildman–Crippen LogP) is -2.06. The topological polar surface area (TPSA) is 383 Å². The number of benzene rings is 2. The number of aromatic nitrogens is 2. The smallest absolute Gasteiger partial charge is 0.274 e. The van der Waals surface area contributed by atoms with Gasteiger partial charge in [-0.05, 0) is 75.6 Å². The number of para-hydroxylation sites is 2. The molecule has 4 aromatic rings. The molecule has 5 heterocycles. The first-order chi connectivity index (χ1) is 41.8. The molecule has 0 radical (unpaired) electrons. The zero-order chi connectivity index (χ0) is 64.3. The van der Waals surface area contributed by atoms with Gasteiger partial charge in [-0.2, -0.15) is 0 Å². The molecular weight excluding hydrogens is 1140 g/mol. The third-order valence-corrected chi connectivity index (χ3v) is 15.9. The third kappa shape index (κ3) is 15.7. The number of amides is 12. The van der Waals surface area contributed by atoms with Gasteiger partial charge in [0.25, 0.3) is 11.8 Å². The Labute approximate surface area is 506 Å². The number of pyridine rings is 2. The molecule has 3 saturated heterocycles. The van der Waals surface area contributed by atoms with Gasteiger partial charge in [-0.1, -0.05) is 50.2 Å². The summed E-state index contributed by atoms with van der Waals surface area (Å²) >= 11 is 0. The van der Waals surface area contributed by atoms with Crippen molar-refractivity contribution in [1.82, 2.24) is 71.3 Å². The van der Waals surface area contributed by atoms with Crippen LogP contribution in [0, 0.1) is 5.92 Å². The monoisotopic (exact) mass is 1220 g/mol. The highest BCUT2D eigenvalue weighted by atomic mass is 16.3. The summed E-state index contributed by atoms with van der Waals surface area (Å²) in [7, 11) is 5.04. The van der Waals surface area contributed by atoms with E-state index in [-0.39, 0.29) is 25.9 Å². The molecule has 12 amide bonds. The molecule has 2 aromatic heterocycles. The highest BCUT2D eigenvalue weighted by molar-refractivity contribution is 6.03. The molecule has 88 heavy (non-hydrogen) atoms. The van der Waals surface area contributed by atoms with Crippen LogP contribution in [0.15, 0.2) is 60.7 Å². The number of nitrogens with zero attached hydrogens (tertiary/aromatic N) is 8. The molecule has 0 unspecified atom stereocenters. The van der Waals surface area contributed by atoms with E-state index in [1.54, 1.807) is 62.4 Å². The highest BCUT2D eigenvalue weighted by Crippen LogP contribution is 2.26. The number of carbonyl (C=O) groups excluding carboxylic acids is 12. The van der Waals surface area contributed by atoms with Crippen LogP contribution < -0.4 is 31.9 Å². The van der Waals surface area contributed by atoms with Crippen molar-refractivity contribution in [3.8, 4) is 11.5 Å². The average Bonchev–Trinajstić information content (AvgIpc) is 2.06. The van der Waals surface area contributed by atoms with Gasteiger partial charge in [-0.25, -0.2) is 9.97 Å². The molecule has 0 saturated carbocycles. The molecule has 0 aliphatic carbocycles. The van der Waals surface area contributed by atoms with Gasteiger partial charge in [-0.15, -0.1) is 0 Å². The summed E-state index contributed by atoms with van der Waals surface area (Å²) in [5.41, 5.74) is -0.274. The first-order valence-corrected chi connectivity index (χ1v) is 29.0. The first kappa shape index (κ1) is 66.0. The zero-order valence-corrected chi connectivity index (χ0v) is 50.1. The molecule has 472 valence electrons. The van der Waals surface area contributed by atoms with E-state index in [1.165, 1.54) is 52.1 Å². The van der Waals surface area contributed by atoms with E-state index in [1.807, 2.05) is 0 Å². The van der Waals surface area contributed by atoms with E-state index in [0.717, 1.165) is 24.5 Å². The van der Waals surface area contributed by atoms with Crippen LogP contribution in [-0.4, -0.2) is 248 Å². The summed E-state index contributed by atoms with van der Waals surface area (Å²) in [6, 6.07) is 7.15. The molecule has 0 spiro atoms. The molecular formula is C59H76N14O15. The largest absolute Gasteiger partial charge is 0.505 e. The van der Waals surface area contributed by atoms with Gasteiger partial charge >= 0.3 is 0 Å². The number of hydrogen-bond acceptors (Lipinski definition) is 17. The van der Waals surface area contributed by atoms with E-state index < -0.39 is 181 Å². The standard InChI is InChI=1S/C59H76N14O15/c1-32(2)50-56(85)60-26-38(66-54(83)48-42(75)24-34-16-8-10-18-36(34)64-48)58(87)72-22-14-12-20-40(72)52(81)63-29-45(78)69(5)31-47(80)71(7)51(33(3)74)57(86)61-27-39(67-55(84)49-43(76)25-35-17-9-11-19-37(35)65-49)59(88)73-23-15-13-21-41(73)53(82)62-28-44(77)68(4)30-46(79)70(50)6/h8-11,16-19,24-25,32-33,38-41,50-51,74-76H,12-15,20-23,26-31H2,1-7H3,(H,60,85)(H,61,86)(H,62,82)(H,63,81)(H,66,83)(H,67,84)/t33-,38-,39-,40+,41+,50+,51+/m1/s1. The van der Waals surface area contributed by atoms with Crippen molar-refractivity contribution in [1.29, 1.82) is 0 Å². The van der Waals surface area contributed by atoms with E-state index in [4.69, 9.17) is 0 Å². The van der Waals surface area contributed by atoms with Gasteiger partial charge < -0.3 is 76.6 Å². The lowest BCUT2D eigenvalue weighted by atomic mass is 9.99. The number of nitrogens with one attached hydrogen (secondary N) is 6. The Bertz CT molecular complexity index is 3140. The second kappa shape index (κ2) is 29.2. The Morgan fingerprint density at radius 1 is 0.534 bits per heavy atom. The van der Waals surface area contributed by atoms with Gasteiger partial charge in [0.2, 0.25) is 59.1 Å². The van der Waals surface area contributed by atoms with Crippen LogP contribution in [0.5, 0.6) is 11.5 Å². The van der Waals surface area contributed by atoms with Gasteiger partial charge in [0.15, 0.2) is 11.4 Å². The fourth-order valence-corrected chi connectivity index (χ4v) is 10.9. The summed E-state index contributed by atoms with van der Waals surface area (Å²) in [6.45, 7) is 0.519. The summed E-state index contributed by atoms with van der Waals surface area (Å²) < 4.78 is 0. The number of hydrogen-bond donors (Lipinski definition) is 9. The van der Waals surface area contributed by atoms with Crippen molar-refractivity contribution in [2.75, 3.05) is 80.5 Å². The van der Waals surface area contributed by atoms with Crippen molar-refractivity contribution >= 4 is 92.7 Å². The quantitative estimate of drug-likeness (QED) is 0.100. The van der Waals surface area contributed by atoms with Crippen LogP contribution in [0.4, 0.5) is 0 Å². The lowest BCUT2D eigenvalue weighted by Crippen LogP contribution is -2.62. The predicted molar refractivity (Wildman–Crippen MR) is 315 cm³/mol. The number of piperidine rings is 2. The average molecular weight is 1220 g/mol. The molecule has 29 nitrogen and oxygen atoms in total. The Kier molecular flexibility index (Phi) is 21.9. The second-order valence-electron chi connectivity index (χ2n) is 22.5. The lowest BCUT2D eigenvalue weighted by Gasteiger charge is -2.37. The van der Waals surface area contributed by atoms with E-state index in [9.17, 15) is 72.9 Å². The van der Waals surface area contributed by atoms with Crippen LogP contribution in [0.25, 0.3) is 21.8 Å². The molecule has 3 aliphatic heterocycles. The van der Waals surface area contributed by atoms with Crippen LogP contribution in [0.1, 0.15) is 80.3 Å². The molecule has 3 fully saturated rings. The van der Waals surface area contributed by atoms with Gasteiger partial charge in [0.1, 0.15) is 47.8 Å². The fraction of sp³-hybridized carbons (Fsp3) is 0.492. The van der Waals surface area contributed by atoms with Gasteiger partial charge in [-0.3, -0.25) is 57.5 Å². The number of likely N-dealkylation sites (N-methyl/N-ethyl adjacent to an activating group) is 4. The van der Waals surface area contributed by atoms with Crippen molar-refractivity contribution in [3.63, 3.8) is 0 Å².